The average molecular weight is 459 g/mol. The van der Waals surface area contributed by atoms with Crippen molar-refractivity contribution in [1.82, 2.24) is 14.5 Å². The molecule has 0 aliphatic rings. The fraction of sp³-hybridized carbons (Fsp3) is 0.0870. The van der Waals surface area contributed by atoms with E-state index in [2.05, 4.69) is 20.6 Å². The summed E-state index contributed by atoms with van der Waals surface area (Å²) in [6.07, 6.45) is 1.34. The van der Waals surface area contributed by atoms with Crippen molar-refractivity contribution >= 4 is 56.0 Å². The van der Waals surface area contributed by atoms with Crippen molar-refractivity contribution in [2.24, 2.45) is 0 Å². The van der Waals surface area contributed by atoms with E-state index in [-0.39, 0.29) is 18.0 Å². The van der Waals surface area contributed by atoms with Gasteiger partial charge >= 0.3 is 0 Å². The highest BCUT2D eigenvalue weighted by Gasteiger charge is 2.15. The molecule has 33 heavy (non-hydrogen) atoms. The number of fused-ring (bicyclic) bond motifs is 3. The van der Waals surface area contributed by atoms with Crippen molar-refractivity contribution < 1.29 is 14.0 Å². The van der Waals surface area contributed by atoms with Crippen molar-refractivity contribution in [3.8, 4) is 11.3 Å². The number of hydrogen-bond donors (Lipinski definition) is 2. The van der Waals surface area contributed by atoms with Crippen LogP contribution in [0.25, 0.3) is 33.3 Å². The fourth-order valence-corrected chi connectivity index (χ4v) is 4.17. The lowest BCUT2D eigenvalue weighted by atomic mass is 10.1. The predicted octanol–water partition coefficient (Wildman–Crippen LogP) is 3.86. The minimum absolute atomic E-state index is 0.116. The Kier molecular flexibility index (Phi) is 5.19. The third-order valence-electron chi connectivity index (χ3n) is 4.92. The highest BCUT2D eigenvalue weighted by Crippen LogP contribution is 2.26. The highest BCUT2D eigenvalue weighted by molar-refractivity contribution is 7.14. The molecule has 0 bridgehead atoms. The number of carbonyl (C=O) groups excluding carboxylic acids is 2. The van der Waals surface area contributed by atoms with Gasteiger partial charge in [-0.25, -0.2) is 9.97 Å². The van der Waals surface area contributed by atoms with E-state index < -0.39 is 11.5 Å². The van der Waals surface area contributed by atoms with Gasteiger partial charge in [-0.15, -0.1) is 11.3 Å². The van der Waals surface area contributed by atoms with Crippen molar-refractivity contribution in [1.29, 1.82) is 0 Å². The number of benzene rings is 2. The molecule has 0 saturated carbocycles. The molecule has 3 aromatic heterocycles. The second-order valence-corrected chi connectivity index (χ2v) is 8.16. The molecule has 9 nitrogen and oxygen atoms in total. The molecule has 0 fully saturated rings. The van der Waals surface area contributed by atoms with Crippen LogP contribution in [0.3, 0.4) is 0 Å². The molecule has 10 heteroatoms. The van der Waals surface area contributed by atoms with Crippen LogP contribution < -0.4 is 16.2 Å². The Morgan fingerprint density at radius 1 is 1.09 bits per heavy atom. The number of rotatable bonds is 5. The number of furan rings is 1. The summed E-state index contributed by atoms with van der Waals surface area (Å²) in [5.41, 5.74) is 2.96. The molecule has 0 saturated heterocycles. The van der Waals surface area contributed by atoms with Gasteiger partial charge in [0.05, 0.1) is 12.0 Å². The summed E-state index contributed by atoms with van der Waals surface area (Å²) >= 11 is 1.27. The Hall–Kier alpha value is -4.31. The van der Waals surface area contributed by atoms with E-state index in [4.69, 9.17) is 4.42 Å². The Morgan fingerprint density at radius 3 is 2.67 bits per heavy atom. The molecule has 5 rings (SSSR count). The zero-order valence-electron chi connectivity index (χ0n) is 17.4. The van der Waals surface area contributed by atoms with Crippen molar-refractivity contribution in [2.75, 3.05) is 10.6 Å². The normalized spacial score (nSPS) is 11.1. The summed E-state index contributed by atoms with van der Waals surface area (Å²) in [7, 11) is 0. The van der Waals surface area contributed by atoms with Crippen LogP contribution in [0.5, 0.6) is 0 Å². The van der Waals surface area contributed by atoms with Crippen LogP contribution in [-0.2, 0) is 16.1 Å². The molecule has 0 atom stereocenters. The molecule has 0 aliphatic heterocycles. The van der Waals surface area contributed by atoms with E-state index in [0.717, 1.165) is 10.9 Å². The van der Waals surface area contributed by atoms with Crippen LogP contribution in [-0.4, -0.2) is 26.3 Å². The maximum Gasteiger partial charge on any atom is 0.297 e. The number of nitrogens with zero attached hydrogens (tertiary/aromatic N) is 3. The van der Waals surface area contributed by atoms with Gasteiger partial charge in [-0.2, -0.15) is 0 Å². The van der Waals surface area contributed by atoms with E-state index in [1.807, 2.05) is 35.7 Å². The maximum absolute atomic E-state index is 12.8. The van der Waals surface area contributed by atoms with Crippen LogP contribution >= 0.6 is 11.3 Å². The molecule has 0 unspecified atom stereocenters. The molecule has 164 valence electrons. The number of carbonyl (C=O) groups is 2. The van der Waals surface area contributed by atoms with E-state index >= 15 is 0 Å². The van der Waals surface area contributed by atoms with Crippen molar-refractivity contribution in [2.45, 2.75) is 13.5 Å². The summed E-state index contributed by atoms with van der Waals surface area (Å²) < 4.78 is 6.85. The van der Waals surface area contributed by atoms with Gasteiger partial charge in [0.1, 0.15) is 17.6 Å². The molecular weight excluding hydrogens is 442 g/mol. The Morgan fingerprint density at radius 2 is 1.88 bits per heavy atom. The number of nitrogens with one attached hydrogen (secondary N) is 2. The van der Waals surface area contributed by atoms with Crippen molar-refractivity contribution in [3.05, 3.63) is 70.6 Å². The van der Waals surface area contributed by atoms with E-state index in [1.54, 1.807) is 18.2 Å². The average Bonchev–Trinajstić information content (AvgIpc) is 3.41. The first kappa shape index (κ1) is 20.6. The second-order valence-electron chi connectivity index (χ2n) is 7.30. The first-order chi connectivity index (χ1) is 16.0. The van der Waals surface area contributed by atoms with Gasteiger partial charge in [-0.3, -0.25) is 19.0 Å². The zero-order chi connectivity index (χ0) is 22.9. The zero-order valence-corrected chi connectivity index (χ0v) is 18.2. The summed E-state index contributed by atoms with van der Waals surface area (Å²) in [4.78, 5) is 45.2. The maximum atomic E-state index is 12.8. The van der Waals surface area contributed by atoms with Crippen LogP contribution in [0.1, 0.15) is 6.92 Å². The predicted molar refractivity (Wildman–Crippen MR) is 126 cm³/mol. The topological polar surface area (TPSA) is 119 Å². The number of para-hydroxylation sites is 1. The highest BCUT2D eigenvalue weighted by atomic mass is 32.1. The van der Waals surface area contributed by atoms with Crippen LogP contribution in [0.4, 0.5) is 10.8 Å². The van der Waals surface area contributed by atoms with E-state index in [0.29, 0.717) is 27.6 Å². The van der Waals surface area contributed by atoms with Gasteiger partial charge in [-0.05, 0) is 24.3 Å². The molecule has 5 aromatic rings. The van der Waals surface area contributed by atoms with E-state index in [9.17, 15) is 14.4 Å². The molecule has 0 radical (unpaired) electrons. The lowest BCUT2D eigenvalue weighted by Crippen LogP contribution is -2.27. The largest absolute Gasteiger partial charge is 0.448 e. The lowest BCUT2D eigenvalue weighted by Gasteiger charge is -2.05. The monoisotopic (exact) mass is 459 g/mol. The van der Waals surface area contributed by atoms with Crippen LogP contribution in [0, 0.1) is 0 Å². The third kappa shape index (κ3) is 4.11. The van der Waals surface area contributed by atoms with Crippen molar-refractivity contribution in [3.63, 3.8) is 0 Å². The lowest BCUT2D eigenvalue weighted by molar-refractivity contribution is -0.117. The standard InChI is InChI=1S/C23H17N5O4S/c1-13(29)25-15-8-6-14(7-9-15)17-11-33-23(26-17)27-19(30)10-28-12-24-20-16-4-2-3-5-18(16)32-21(20)22(28)31/h2-9,11-12H,10H2,1H3,(H,25,29)(H,26,27,30). The SMILES string of the molecule is CC(=O)Nc1ccc(-c2csc(NC(=O)Cn3cnc4c(oc5ccccc54)c3=O)n2)cc1. The van der Waals surface area contributed by atoms with Gasteiger partial charge in [0.2, 0.25) is 17.4 Å². The van der Waals surface area contributed by atoms with E-state index in [1.165, 1.54) is 29.2 Å². The molecule has 3 heterocycles. The van der Waals surface area contributed by atoms with Gasteiger partial charge in [0, 0.05) is 28.9 Å². The Balaban J connectivity index is 1.31. The minimum Gasteiger partial charge on any atom is -0.448 e. The summed E-state index contributed by atoms with van der Waals surface area (Å²) in [5.74, 6) is -0.550. The minimum atomic E-state index is -0.426. The quantitative estimate of drug-likeness (QED) is 0.412. The number of aromatic nitrogens is 3. The van der Waals surface area contributed by atoms with Gasteiger partial charge in [0.25, 0.3) is 5.56 Å². The number of amides is 2. The summed E-state index contributed by atoms with van der Waals surface area (Å²) in [6, 6.07) is 14.5. The second kappa shape index (κ2) is 8.32. The Labute approximate surface area is 190 Å². The smallest absolute Gasteiger partial charge is 0.297 e. The summed E-state index contributed by atoms with van der Waals surface area (Å²) in [5, 5.41) is 8.40. The third-order valence-corrected chi connectivity index (χ3v) is 5.67. The molecule has 2 N–H and O–H groups in total. The fourth-order valence-electron chi connectivity index (χ4n) is 3.43. The summed E-state index contributed by atoms with van der Waals surface area (Å²) in [6.45, 7) is 1.22. The molecular formula is C23H17N5O4S. The van der Waals surface area contributed by atoms with Crippen LogP contribution in [0.15, 0.2) is 69.5 Å². The van der Waals surface area contributed by atoms with Gasteiger partial charge in [-0.1, -0.05) is 24.3 Å². The number of hydrogen-bond acceptors (Lipinski definition) is 7. The van der Waals surface area contributed by atoms with Crippen LogP contribution in [0.2, 0.25) is 0 Å². The molecule has 2 amide bonds. The Bertz CT molecular complexity index is 1570. The first-order valence-electron chi connectivity index (χ1n) is 9.98. The molecule has 2 aromatic carbocycles. The van der Waals surface area contributed by atoms with Gasteiger partial charge < -0.3 is 15.1 Å². The number of anilines is 2. The number of thiazole rings is 1. The molecule has 0 spiro atoms. The first-order valence-corrected chi connectivity index (χ1v) is 10.9. The van der Waals surface area contributed by atoms with Gasteiger partial charge in [0.15, 0.2) is 5.13 Å². The molecule has 0 aliphatic carbocycles.